The molecule has 0 bridgehead atoms. The van der Waals surface area contributed by atoms with E-state index in [0.717, 1.165) is 17.6 Å². The molecule has 134 valence electrons. The third-order valence-electron chi connectivity index (χ3n) is 4.53. The van der Waals surface area contributed by atoms with Gasteiger partial charge in [0.25, 0.3) is 6.48 Å². The Labute approximate surface area is 143 Å². The van der Waals surface area contributed by atoms with Gasteiger partial charge in [0.2, 0.25) is 0 Å². The van der Waals surface area contributed by atoms with Crippen LogP contribution in [0.3, 0.4) is 0 Å². The molecule has 0 heterocycles. The maximum atomic E-state index is 9.85. The first-order valence-corrected chi connectivity index (χ1v) is 8.49. The topological polar surface area (TPSA) is 79.2 Å². The Hall–Kier alpha value is -1.24. The Morgan fingerprint density at radius 3 is 2.46 bits per heavy atom. The van der Waals surface area contributed by atoms with E-state index in [0.29, 0.717) is 13.0 Å². The highest BCUT2D eigenvalue weighted by atomic mass is 16.8. The Balaban J connectivity index is 1.69. The highest BCUT2D eigenvalue weighted by Gasteiger charge is 2.19. The molecule has 0 spiro atoms. The molecule has 0 fully saturated rings. The summed E-state index contributed by atoms with van der Waals surface area (Å²) in [5.74, 6) is 0.308. The van der Waals surface area contributed by atoms with E-state index in [1.807, 2.05) is 25.2 Å². The van der Waals surface area contributed by atoms with Crippen LogP contribution in [-0.2, 0) is 9.47 Å². The lowest BCUT2D eigenvalue weighted by molar-refractivity contribution is -0.277. The summed E-state index contributed by atoms with van der Waals surface area (Å²) in [7, 11) is 0. The summed E-state index contributed by atoms with van der Waals surface area (Å²) in [5.41, 5.74) is 1.99. The molecule has 2 aliphatic rings. The fourth-order valence-corrected chi connectivity index (χ4v) is 2.68. The Morgan fingerprint density at radius 1 is 1.12 bits per heavy atom. The average molecular weight is 336 g/mol. The summed E-state index contributed by atoms with van der Waals surface area (Å²) in [4.78, 5) is 0. The molecule has 0 aromatic carbocycles. The van der Waals surface area contributed by atoms with Gasteiger partial charge in [0.1, 0.15) is 0 Å². The maximum Gasteiger partial charge on any atom is 0.269 e. The van der Waals surface area contributed by atoms with Crippen molar-refractivity contribution in [1.29, 1.82) is 0 Å². The summed E-state index contributed by atoms with van der Waals surface area (Å²) < 4.78 is 10.8. The van der Waals surface area contributed by atoms with Gasteiger partial charge < -0.3 is 24.8 Å². The fourth-order valence-electron chi connectivity index (χ4n) is 2.68. The van der Waals surface area contributed by atoms with Crippen molar-refractivity contribution in [2.45, 2.75) is 45.4 Å². The second kappa shape index (κ2) is 9.30. The molecule has 0 saturated heterocycles. The van der Waals surface area contributed by atoms with E-state index in [-0.39, 0.29) is 30.7 Å². The van der Waals surface area contributed by atoms with Crippen LogP contribution >= 0.6 is 0 Å². The van der Waals surface area contributed by atoms with E-state index < -0.39 is 6.48 Å². The number of allylic oxidation sites excluding steroid dienone is 2. The lowest BCUT2D eigenvalue weighted by Crippen LogP contribution is -2.26. The number of hydrogen-bond donors (Lipinski definition) is 3. The van der Waals surface area contributed by atoms with Crippen molar-refractivity contribution in [2.75, 3.05) is 13.2 Å². The second-order valence-electron chi connectivity index (χ2n) is 6.44. The van der Waals surface area contributed by atoms with E-state index in [9.17, 15) is 10.2 Å². The minimum absolute atomic E-state index is 0.0134. The van der Waals surface area contributed by atoms with Crippen LogP contribution in [0.15, 0.2) is 47.6 Å². The zero-order valence-corrected chi connectivity index (χ0v) is 14.3. The van der Waals surface area contributed by atoms with Gasteiger partial charge in [-0.05, 0) is 30.9 Å². The predicted octanol–water partition coefficient (Wildman–Crippen LogP) is 2.06. The van der Waals surface area contributed by atoms with Crippen LogP contribution in [0.5, 0.6) is 0 Å². The molecule has 0 aromatic heterocycles. The number of hydrogen-bond acceptors (Lipinski definition) is 5. The second-order valence-corrected chi connectivity index (χ2v) is 6.44. The summed E-state index contributed by atoms with van der Waals surface area (Å²) >= 11 is 0. The third kappa shape index (κ3) is 5.69. The van der Waals surface area contributed by atoms with Crippen LogP contribution in [0, 0.1) is 11.8 Å². The van der Waals surface area contributed by atoms with E-state index in [4.69, 9.17) is 14.6 Å². The summed E-state index contributed by atoms with van der Waals surface area (Å²) in [6, 6.07) is 0. The van der Waals surface area contributed by atoms with Gasteiger partial charge in [-0.25, -0.2) is 0 Å². The van der Waals surface area contributed by atoms with Crippen molar-refractivity contribution in [3.63, 3.8) is 0 Å². The minimum atomic E-state index is -1.26. The van der Waals surface area contributed by atoms with Crippen LogP contribution in [-0.4, -0.2) is 47.2 Å². The zero-order chi connectivity index (χ0) is 17.5. The molecule has 2 aliphatic carbocycles. The standard InChI is InChI=1S/C19H28O5/c1-13(14(2)21)17-7-3-16(4-8-17)12-23-19(22)24-18-9-5-15(11-20)6-10-18/h3,5-9,13-14,16,18-22H,4,10-12H2,1-2H3. The molecule has 5 nitrogen and oxygen atoms in total. The molecule has 24 heavy (non-hydrogen) atoms. The van der Waals surface area contributed by atoms with Crippen molar-refractivity contribution in [3.05, 3.63) is 47.6 Å². The zero-order valence-electron chi connectivity index (χ0n) is 14.3. The summed E-state index contributed by atoms with van der Waals surface area (Å²) in [5, 5.41) is 28.5. The van der Waals surface area contributed by atoms with Gasteiger partial charge in [-0.2, -0.15) is 0 Å². The van der Waals surface area contributed by atoms with Crippen LogP contribution in [0.4, 0.5) is 0 Å². The maximum absolute atomic E-state index is 9.85. The molecule has 0 amide bonds. The summed E-state index contributed by atoms with van der Waals surface area (Å²) in [6.07, 6.45) is 12.5. The first-order chi connectivity index (χ1) is 11.5. The van der Waals surface area contributed by atoms with Gasteiger partial charge >= 0.3 is 0 Å². The minimum Gasteiger partial charge on any atom is -0.393 e. The van der Waals surface area contributed by atoms with E-state index >= 15 is 0 Å². The largest absolute Gasteiger partial charge is 0.393 e. The predicted molar refractivity (Wildman–Crippen MR) is 91.9 cm³/mol. The quantitative estimate of drug-likeness (QED) is 0.591. The molecule has 3 N–H and O–H groups in total. The van der Waals surface area contributed by atoms with Crippen LogP contribution in [0.25, 0.3) is 0 Å². The third-order valence-corrected chi connectivity index (χ3v) is 4.53. The van der Waals surface area contributed by atoms with Crippen LogP contribution < -0.4 is 0 Å². The molecule has 5 unspecified atom stereocenters. The van der Waals surface area contributed by atoms with Crippen LogP contribution in [0.2, 0.25) is 0 Å². The molecule has 0 aliphatic heterocycles. The number of aliphatic hydroxyl groups is 3. The summed E-state index contributed by atoms with van der Waals surface area (Å²) in [6.45, 7) is 2.92. The molecule has 5 atom stereocenters. The van der Waals surface area contributed by atoms with E-state index in [1.54, 1.807) is 13.0 Å². The smallest absolute Gasteiger partial charge is 0.269 e. The SMILES string of the molecule is CC(O)C(C)C1=CCC(COC(O)OC2C=CC(CO)=CC2)C=C1. The van der Waals surface area contributed by atoms with E-state index in [2.05, 4.69) is 12.2 Å². The molecular weight excluding hydrogens is 308 g/mol. The average Bonchev–Trinajstić information content (AvgIpc) is 2.60. The molecule has 2 rings (SSSR count). The molecule has 0 saturated carbocycles. The number of rotatable bonds is 8. The molecular formula is C19H28O5. The first-order valence-electron chi connectivity index (χ1n) is 8.49. The first kappa shape index (κ1) is 19.1. The highest BCUT2D eigenvalue weighted by Crippen LogP contribution is 2.24. The van der Waals surface area contributed by atoms with Gasteiger partial charge in [0.15, 0.2) is 0 Å². The molecule has 5 heteroatoms. The Morgan fingerprint density at radius 2 is 1.92 bits per heavy atom. The van der Waals surface area contributed by atoms with Crippen molar-refractivity contribution in [2.24, 2.45) is 11.8 Å². The van der Waals surface area contributed by atoms with Gasteiger partial charge in [-0.1, -0.05) is 43.4 Å². The van der Waals surface area contributed by atoms with Crippen LogP contribution in [0.1, 0.15) is 26.7 Å². The highest BCUT2D eigenvalue weighted by molar-refractivity contribution is 5.26. The van der Waals surface area contributed by atoms with Crippen molar-refractivity contribution in [1.82, 2.24) is 0 Å². The lowest BCUT2D eigenvalue weighted by Gasteiger charge is -2.24. The van der Waals surface area contributed by atoms with E-state index in [1.165, 1.54) is 0 Å². The van der Waals surface area contributed by atoms with Gasteiger partial charge in [-0.15, -0.1) is 0 Å². The van der Waals surface area contributed by atoms with Crippen molar-refractivity contribution < 1.29 is 24.8 Å². The van der Waals surface area contributed by atoms with Gasteiger partial charge in [-0.3, -0.25) is 0 Å². The van der Waals surface area contributed by atoms with Crippen molar-refractivity contribution >= 4 is 0 Å². The molecule has 0 radical (unpaired) electrons. The van der Waals surface area contributed by atoms with Gasteiger partial charge in [0.05, 0.1) is 25.4 Å². The molecule has 0 aromatic rings. The van der Waals surface area contributed by atoms with Crippen molar-refractivity contribution in [3.8, 4) is 0 Å². The number of ether oxygens (including phenoxy) is 2. The lowest BCUT2D eigenvalue weighted by atomic mass is 9.88. The normalized spacial score (nSPS) is 27.4. The van der Waals surface area contributed by atoms with Gasteiger partial charge in [0, 0.05) is 11.8 Å². The number of aliphatic hydroxyl groups excluding tert-OH is 3. The Kier molecular flexibility index (Phi) is 7.40. The monoisotopic (exact) mass is 336 g/mol. The fraction of sp³-hybridized carbons (Fsp3) is 0.579. The Bertz CT molecular complexity index is 518.